The molecule has 0 atom stereocenters. The van der Waals surface area contributed by atoms with E-state index in [0.29, 0.717) is 47.6 Å². The number of hydrogen-bond acceptors (Lipinski definition) is 4. The number of nitrogens with zero attached hydrogens (tertiary/aromatic N) is 1. The summed E-state index contributed by atoms with van der Waals surface area (Å²) in [5.74, 6) is -0.325. The van der Waals surface area contributed by atoms with Crippen LogP contribution in [0.4, 0.5) is 5.69 Å². The Kier molecular flexibility index (Phi) is 6.58. The molecule has 1 saturated heterocycles. The smallest absolute Gasteiger partial charge is 0.253 e. The molecule has 0 saturated carbocycles. The SMILES string of the molecule is CC(=O)Nc1cccc(C(=O)N2CCC(NS(=O)(=O)c3ccc(C)cc3C)CC2)c1. The van der Waals surface area contributed by atoms with Crippen molar-refractivity contribution >= 4 is 27.5 Å². The van der Waals surface area contributed by atoms with Crippen LogP contribution in [0.2, 0.25) is 0 Å². The predicted octanol–water partition coefficient (Wildman–Crippen LogP) is 2.84. The Morgan fingerprint density at radius 3 is 2.37 bits per heavy atom. The second-order valence-corrected chi connectivity index (χ2v) is 9.40. The summed E-state index contributed by atoms with van der Waals surface area (Å²) in [6, 6.07) is 11.9. The van der Waals surface area contributed by atoms with Gasteiger partial charge in [-0.15, -0.1) is 0 Å². The zero-order valence-corrected chi connectivity index (χ0v) is 18.3. The number of nitrogens with one attached hydrogen (secondary N) is 2. The molecule has 1 aliphatic heterocycles. The van der Waals surface area contributed by atoms with Crippen molar-refractivity contribution in [3.63, 3.8) is 0 Å². The lowest BCUT2D eigenvalue weighted by atomic mass is 10.0. The van der Waals surface area contributed by atoms with Gasteiger partial charge in [-0.3, -0.25) is 9.59 Å². The molecule has 30 heavy (non-hydrogen) atoms. The molecule has 2 aromatic carbocycles. The maximum absolute atomic E-state index is 12.8. The fraction of sp³-hybridized carbons (Fsp3) is 0.364. The van der Waals surface area contributed by atoms with Crippen molar-refractivity contribution in [3.8, 4) is 0 Å². The Morgan fingerprint density at radius 1 is 1.03 bits per heavy atom. The van der Waals surface area contributed by atoms with E-state index in [1.807, 2.05) is 13.0 Å². The van der Waals surface area contributed by atoms with Gasteiger partial charge in [0.1, 0.15) is 0 Å². The van der Waals surface area contributed by atoms with Crippen LogP contribution in [0.1, 0.15) is 41.3 Å². The van der Waals surface area contributed by atoms with Crippen molar-refractivity contribution in [3.05, 3.63) is 59.2 Å². The monoisotopic (exact) mass is 429 g/mol. The molecule has 2 N–H and O–H groups in total. The van der Waals surface area contributed by atoms with E-state index >= 15 is 0 Å². The zero-order chi connectivity index (χ0) is 21.9. The summed E-state index contributed by atoms with van der Waals surface area (Å²) in [6.07, 6.45) is 1.09. The van der Waals surface area contributed by atoms with Crippen LogP contribution in [0.25, 0.3) is 0 Å². The van der Waals surface area contributed by atoms with E-state index in [2.05, 4.69) is 10.0 Å². The highest BCUT2D eigenvalue weighted by molar-refractivity contribution is 7.89. The summed E-state index contributed by atoms with van der Waals surface area (Å²) < 4.78 is 28.3. The molecule has 0 aliphatic carbocycles. The van der Waals surface area contributed by atoms with E-state index in [1.165, 1.54) is 6.92 Å². The van der Waals surface area contributed by atoms with Gasteiger partial charge in [0.05, 0.1) is 4.90 Å². The van der Waals surface area contributed by atoms with Crippen LogP contribution in [0.15, 0.2) is 47.4 Å². The van der Waals surface area contributed by atoms with Gasteiger partial charge in [-0.05, 0) is 56.5 Å². The molecule has 3 rings (SSSR count). The molecule has 0 unspecified atom stereocenters. The fourth-order valence-corrected chi connectivity index (χ4v) is 5.23. The summed E-state index contributed by atoms with van der Waals surface area (Å²) in [4.78, 5) is 26.0. The van der Waals surface area contributed by atoms with E-state index < -0.39 is 10.0 Å². The number of rotatable bonds is 5. The van der Waals surface area contributed by atoms with E-state index in [1.54, 1.807) is 48.2 Å². The first-order valence-corrected chi connectivity index (χ1v) is 11.4. The lowest BCUT2D eigenvalue weighted by molar-refractivity contribution is -0.114. The first-order valence-electron chi connectivity index (χ1n) is 9.92. The van der Waals surface area contributed by atoms with Crippen LogP contribution in [0.5, 0.6) is 0 Å². The second kappa shape index (κ2) is 8.97. The van der Waals surface area contributed by atoms with Crippen molar-refractivity contribution in [1.82, 2.24) is 9.62 Å². The fourth-order valence-electron chi connectivity index (χ4n) is 3.70. The number of hydrogen-bond donors (Lipinski definition) is 2. The third-order valence-corrected chi connectivity index (χ3v) is 6.83. The van der Waals surface area contributed by atoms with Crippen molar-refractivity contribution < 1.29 is 18.0 Å². The molecule has 2 amide bonds. The molecule has 2 aromatic rings. The van der Waals surface area contributed by atoms with E-state index in [-0.39, 0.29) is 17.9 Å². The highest BCUT2D eigenvalue weighted by Crippen LogP contribution is 2.21. The van der Waals surface area contributed by atoms with Gasteiger partial charge in [-0.2, -0.15) is 0 Å². The third-order valence-electron chi connectivity index (χ3n) is 5.15. The van der Waals surface area contributed by atoms with Crippen LogP contribution < -0.4 is 10.0 Å². The highest BCUT2D eigenvalue weighted by atomic mass is 32.2. The molecule has 8 heteroatoms. The first-order chi connectivity index (χ1) is 14.2. The van der Waals surface area contributed by atoms with Gasteiger partial charge in [0.25, 0.3) is 5.91 Å². The third kappa shape index (κ3) is 5.25. The maximum Gasteiger partial charge on any atom is 0.253 e. The molecule has 1 aliphatic rings. The number of amides is 2. The lowest BCUT2D eigenvalue weighted by Gasteiger charge is -2.32. The largest absolute Gasteiger partial charge is 0.339 e. The Balaban J connectivity index is 1.62. The molecule has 1 fully saturated rings. The van der Waals surface area contributed by atoms with Crippen LogP contribution >= 0.6 is 0 Å². The van der Waals surface area contributed by atoms with Gasteiger partial charge < -0.3 is 10.2 Å². The number of carbonyl (C=O) groups excluding carboxylic acids is 2. The summed E-state index contributed by atoms with van der Waals surface area (Å²) in [6.45, 7) is 6.05. The second-order valence-electron chi connectivity index (χ2n) is 7.72. The number of benzene rings is 2. The van der Waals surface area contributed by atoms with Crippen LogP contribution in [-0.4, -0.2) is 44.3 Å². The minimum Gasteiger partial charge on any atom is -0.339 e. The normalized spacial score (nSPS) is 15.1. The van der Waals surface area contributed by atoms with Gasteiger partial charge in [0.2, 0.25) is 15.9 Å². The molecule has 0 spiro atoms. The van der Waals surface area contributed by atoms with Crippen LogP contribution in [-0.2, 0) is 14.8 Å². The molecule has 0 radical (unpaired) electrons. The van der Waals surface area contributed by atoms with Crippen molar-refractivity contribution in [2.45, 2.75) is 44.6 Å². The molecule has 0 bridgehead atoms. The van der Waals surface area contributed by atoms with Gasteiger partial charge >= 0.3 is 0 Å². The average molecular weight is 430 g/mol. The number of carbonyl (C=O) groups is 2. The number of likely N-dealkylation sites (tertiary alicyclic amines) is 1. The van der Waals surface area contributed by atoms with Gasteiger partial charge in [0, 0.05) is 37.3 Å². The van der Waals surface area contributed by atoms with Crippen molar-refractivity contribution in [2.75, 3.05) is 18.4 Å². The van der Waals surface area contributed by atoms with Crippen molar-refractivity contribution in [1.29, 1.82) is 0 Å². The molecular weight excluding hydrogens is 402 g/mol. The summed E-state index contributed by atoms with van der Waals surface area (Å²) in [5, 5.41) is 2.67. The Bertz CT molecular complexity index is 1060. The maximum atomic E-state index is 12.8. The number of piperidine rings is 1. The van der Waals surface area contributed by atoms with Crippen LogP contribution in [0.3, 0.4) is 0 Å². The molecule has 0 aromatic heterocycles. The molecule has 7 nitrogen and oxygen atoms in total. The Labute approximate surface area is 177 Å². The minimum absolute atomic E-state index is 0.127. The highest BCUT2D eigenvalue weighted by Gasteiger charge is 2.28. The van der Waals surface area contributed by atoms with Gasteiger partial charge in [-0.1, -0.05) is 23.8 Å². The van der Waals surface area contributed by atoms with E-state index in [0.717, 1.165) is 5.56 Å². The van der Waals surface area contributed by atoms with E-state index in [9.17, 15) is 18.0 Å². The topological polar surface area (TPSA) is 95.6 Å². The van der Waals surface area contributed by atoms with E-state index in [4.69, 9.17) is 0 Å². The lowest BCUT2D eigenvalue weighted by Crippen LogP contribution is -2.46. The van der Waals surface area contributed by atoms with Crippen molar-refractivity contribution in [2.24, 2.45) is 0 Å². The molecular formula is C22H27N3O4S. The quantitative estimate of drug-likeness (QED) is 0.764. The minimum atomic E-state index is -3.61. The zero-order valence-electron chi connectivity index (χ0n) is 17.4. The van der Waals surface area contributed by atoms with Gasteiger partial charge in [-0.25, -0.2) is 13.1 Å². The standard InChI is InChI=1S/C22H27N3O4S/c1-15-7-8-21(16(2)13-15)30(28,29)24-19-9-11-25(12-10-19)22(27)18-5-4-6-20(14-18)23-17(3)26/h4-8,13-14,19,24H,9-12H2,1-3H3,(H,23,26). The van der Waals surface area contributed by atoms with Gasteiger partial charge in [0.15, 0.2) is 0 Å². The number of aryl methyl sites for hydroxylation is 2. The Morgan fingerprint density at radius 2 is 1.73 bits per heavy atom. The van der Waals surface area contributed by atoms with Crippen LogP contribution in [0, 0.1) is 13.8 Å². The summed E-state index contributed by atoms with van der Waals surface area (Å²) >= 11 is 0. The predicted molar refractivity (Wildman–Crippen MR) is 116 cm³/mol. The number of sulfonamides is 1. The summed E-state index contributed by atoms with van der Waals surface area (Å²) in [5.41, 5.74) is 2.80. The first kappa shape index (κ1) is 22.0. The average Bonchev–Trinajstić information content (AvgIpc) is 2.67. The molecule has 1 heterocycles. The Hall–Kier alpha value is -2.71. The molecule has 160 valence electrons. The number of anilines is 1. The summed E-state index contributed by atoms with van der Waals surface area (Å²) in [7, 11) is -3.61.